The lowest BCUT2D eigenvalue weighted by atomic mass is 10.3. The molecule has 2 aromatic heterocycles. The van der Waals surface area contributed by atoms with Crippen molar-refractivity contribution >= 4 is 17.4 Å². The third kappa shape index (κ3) is 2.83. The molecule has 6 nitrogen and oxygen atoms in total. The van der Waals surface area contributed by atoms with Crippen LogP contribution in [-0.2, 0) is 4.79 Å². The first kappa shape index (κ1) is 12.0. The highest BCUT2D eigenvalue weighted by atomic mass is 16.1. The van der Waals surface area contributed by atoms with Gasteiger partial charge in [0, 0.05) is 19.0 Å². The van der Waals surface area contributed by atoms with Gasteiger partial charge in [-0.1, -0.05) is 0 Å². The summed E-state index contributed by atoms with van der Waals surface area (Å²) in [6, 6.07) is 4.40. The first-order chi connectivity index (χ1) is 9.22. The van der Waals surface area contributed by atoms with Crippen molar-refractivity contribution in [1.82, 2.24) is 19.9 Å². The fraction of sp³-hybridized carbons (Fsp3) is 0.462. The topological polar surface area (TPSA) is 71.3 Å². The molecule has 0 aromatic carbocycles. The molecule has 1 fully saturated rings. The predicted molar refractivity (Wildman–Crippen MR) is 72.0 cm³/mol. The molecule has 0 saturated heterocycles. The quantitative estimate of drug-likeness (QED) is 0.844. The van der Waals surface area contributed by atoms with Crippen molar-refractivity contribution in [2.24, 2.45) is 0 Å². The van der Waals surface area contributed by atoms with E-state index < -0.39 is 0 Å². The summed E-state index contributed by atoms with van der Waals surface area (Å²) >= 11 is 0. The summed E-state index contributed by atoms with van der Waals surface area (Å²) in [5.74, 6) is 0.976. The number of hydrogen-bond donors (Lipinski definition) is 2. The molecule has 6 heteroatoms. The van der Waals surface area contributed by atoms with E-state index in [1.807, 2.05) is 19.1 Å². The minimum atomic E-state index is 0.109. The van der Waals surface area contributed by atoms with Crippen molar-refractivity contribution in [1.29, 1.82) is 0 Å². The van der Waals surface area contributed by atoms with Gasteiger partial charge in [-0.3, -0.25) is 4.79 Å². The molecule has 2 N–H and O–H groups in total. The van der Waals surface area contributed by atoms with Gasteiger partial charge in [-0.2, -0.15) is 9.61 Å². The van der Waals surface area contributed by atoms with Crippen molar-refractivity contribution in [3.05, 3.63) is 24.0 Å². The van der Waals surface area contributed by atoms with Gasteiger partial charge < -0.3 is 10.6 Å². The second-order valence-corrected chi connectivity index (χ2v) is 4.97. The zero-order chi connectivity index (χ0) is 13.2. The number of nitrogens with zero attached hydrogens (tertiary/aromatic N) is 3. The van der Waals surface area contributed by atoms with E-state index in [1.165, 1.54) is 6.33 Å². The summed E-state index contributed by atoms with van der Waals surface area (Å²) < 4.78 is 1.74. The molecule has 0 radical (unpaired) electrons. The van der Waals surface area contributed by atoms with Gasteiger partial charge >= 0.3 is 0 Å². The summed E-state index contributed by atoms with van der Waals surface area (Å²) in [7, 11) is 0. The Hall–Kier alpha value is -2.11. The second kappa shape index (κ2) is 4.87. The number of aryl methyl sites for hydroxylation is 1. The number of pyridine rings is 1. The fourth-order valence-electron chi connectivity index (χ4n) is 2.01. The molecule has 0 bridgehead atoms. The van der Waals surface area contributed by atoms with Gasteiger partial charge in [0.05, 0.1) is 0 Å². The number of nitrogens with one attached hydrogen (secondary N) is 2. The van der Waals surface area contributed by atoms with Crippen LogP contribution in [0.5, 0.6) is 0 Å². The highest BCUT2D eigenvalue weighted by molar-refractivity contribution is 5.77. The van der Waals surface area contributed by atoms with E-state index >= 15 is 0 Å². The Kier molecular flexibility index (Phi) is 3.06. The summed E-state index contributed by atoms with van der Waals surface area (Å²) in [5.41, 5.74) is 1.93. The Morgan fingerprint density at radius 2 is 2.32 bits per heavy atom. The molecular formula is C13H17N5O. The minimum absolute atomic E-state index is 0.109. The normalized spacial score (nSPS) is 14.6. The Morgan fingerprint density at radius 3 is 3.11 bits per heavy atom. The third-order valence-corrected chi connectivity index (χ3v) is 3.12. The van der Waals surface area contributed by atoms with Crippen molar-refractivity contribution < 1.29 is 4.79 Å². The Balaban J connectivity index is 1.61. The van der Waals surface area contributed by atoms with Crippen molar-refractivity contribution in [2.45, 2.75) is 32.2 Å². The number of anilines is 1. The first-order valence-electron chi connectivity index (χ1n) is 6.56. The number of hydrogen-bond acceptors (Lipinski definition) is 4. The van der Waals surface area contributed by atoms with Gasteiger partial charge in [0.1, 0.15) is 12.1 Å². The van der Waals surface area contributed by atoms with Gasteiger partial charge in [-0.25, -0.2) is 4.98 Å². The largest absolute Gasteiger partial charge is 0.369 e. The average Bonchev–Trinajstić information content (AvgIpc) is 3.04. The highest BCUT2D eigenvalue weighted by Crippen LogP contribution is 2.18. The van der Waals surface area contributed by atoms with Crippen LogP contribution in [0, 0.1) is 6.92 Å². The Morgan fingerprint density at radius 1 is 1.47 bits per heavy atom. The van der Waals surface area contributed by atoms with E-state index in [-0.39, 0.29) is 5.91 Å². The molecule has 2 aromatic rings. The van der Waals surface area contributed by atoms with Crippen LogP contribution in [0.2, 0.25) is 0 Å². The van der Waals surface area contributed by atoms with Crippen molar-refractivity contribution in [3.63, 3.8) is 0 Å². The lowest BCUT2D eigenvalue weighted by Crippen LogP contribution is -2.27. The van der Waals surface area contributed by atoms with Crippen LogP contribution in [0.4, 0.5) is 5.82 Å². The molecule has 1 saturated carbocycles. The zero-order valence-corrected chi connectivity index (χ0v) is 10.9. The smallest absolute Gasteiger partial charge is 0.221 e. The molecule has 100 valence electrons. The molecule has 0 spiro atoms. The van der Waals surface area contributed by atoms with Crippen LogP contribution < -0.4 is 10.6 Å². The summed E-state index contributed by atoms with van der Waals surface area (Å²) in [6.07, 6.45) is 4.24. The van der Waals surface area contributed by atoms with Crippen LogP contribution in [0.25, 0.3) is 5.65 Å². The van der Waals surface area contributed by atoms with Crippen molar-refractivity contribution in [2.75, 3.05) is 11.9 Å². The van der Waals surface area contributed by atoms with Crippen LogP contribution in [-0.4, -0.2) is 33.1 Å². The Labute approximate surface area is 111 Å². The SMILES string of the molecule is Cc1cc(NCCC(=O)NC2CC2)n2ncnc2c1. The zero-order valence-electron chi connectivity index (χ0n) is 10.9. The fourth-order valence-corrected chi connectivity index (χ4v) is 2.01. The Bertz CT molecular complexity index is 602. The van der Waals surface area contributed by atoms with E-state index in [0.717, 1.165) is 29.9 Å². The number of fused-ring (bicyclic) bond motifs is 1. The van der Waals surface area contributed by atoms with Crippen LogP contribution >= 0.6 is 0 Å². The minimum Gasteiger partial charge on any atom is -0.369 e. The van der Waals surface area contributed by atoms with Crippen molar-refractivity contribution in [3.8, 4) is 0 Å². The lowest BCUT2D eigenvalue weighted by Gasteiger charge is -2.09. The van der Waals surface area contributed by atoms with Gasteiger partial charge in [0.2, 0.25) is 5.91 Å². The molecule has 1 aliphatic rings. The van der Waals surface area contributed by atoms with E-state index in [9.17, 15) is 4.79 Å². The third-order valence-electron chi connectivity index (χ3n) is 3.12. The molecular weight excluding hydrogens is 242 g/mol. The van der Waals surface area contributed by atoms with E-state index in [4.69, 9.17) is 0 Å². The molecule has 0 unspecified atom stereocenters. The summed E-state index contributed by atoms with van der Waals surface area (Å²) in [5, 5.41) is 10.4. The maximum absolute atomic E-state index is 11.6. The number of carbonyl (C=O) groups excluding carboxylic acids is 1. The number of carbonyl (C=O) groups is 1. The molecule has 0 aliphatic heterocycles. The molecule has 2 heterocycles. The summed E-state index contributed by atoms with van der Waals surface area (Å²) in [6.45, 7) is 2.61. The maximum atomic E-state index is 11.6. The van der Waals surface area contributed by atoms with Gasteiger partial charge in [-0.05, 0) is 37.5 Å². The van der Waals surface area contributed by atoms with E-state index in [1.54, 1.807) is 4.52 Å². The first-order valence-corrected chi connectivity index (χ1v) is 6.56. The van der Waals surface area contributed by atoms with E-state index in [2.05, 4.69) is 20.7 Å². The lowest BCUT2D eigenvalue weighted by molar-refractivity contribution is -0.120. The molecule has 3 rings (SSSR count). The maximum Gasteiger partial charge on any atom is 0.221 e. The van der Waals surface area contributed by atoms with Crippen LogP contribution in [0.3, 0.4) is 0 Å². The monoisotopic (exact) mass is 259 g/mol. The standard InChI is InChI=1S/C13H17N5O/c1-9-6-11(18-12(7-9)15-8-16-18)14-5-4-13(19)17-10-2-3-10/h6-8,10,14H,2-5H2,1H3,(H,17,19). The predicted octanol–water partition coefficient (Wildman–Crippen LogP) is 1.12. The number of aromatic nitrogens is 3. The molecule has 0 atom stereocenters. The van der Waals surface area contributed by atoms with Crippen LogP contribution in [0.1, 0.15) is 24.8 Å². The van der Waals surface area contributed by atoms with Gasteiger partial charge in [0.25, 0.3) is 0 Å². The van der Waals surface area contributed by atoms with E-state index in [0.29, 0.717) is 19.0 Å². The van der Waals surface area contributed by atoms with Crippen LogP contribution in [0.15, 0.2) is 18.5 Å². The molecule has 1 aliphatic carbocycles. The van der Waals surface area contributed by atoms with Gasteiger partial charge in [0.15, 0.2) is 5.65 Å². The molecule has 1 amide bonds. The molecule has 19 heavy (non-hydrogen) atoms. The number of rotatable bonds is 5. The number of amides is 1. The van der Waals surface area contributed by atoms with Gasteiger partial charge in [-0.15, -0.1) is 0 Å². The average molecular weight is 259 g/mol. The highest BCUT2D eigenvalue weighted by Gasteiger charge is 2.22. The summed E-state index contributed by atoms with van der Waals surface area (Å²) in [4.78, 5) is 15.7. The second-order valence-electron chi connectivity index (χ2n) is 4.97.